The van der Waals surface area contributed by atoms with E-state index in [9.17, 15) is 5.11 Å². The predicted octanol–water partition coefficient (Wildman–Crippen LogP) is 1.57. The van der Waals surface area contributed by atoms with Gasteiger partial charge in [0.25, 0.3) is 0 Å². The van der Waals surface area contributed by atoms with Gasteiger partial charge < -0.3 is 20.1 Å². The van der Waals surface area contributed by atoms with E-state index in [0.717, 1.165) is 23.0 Å². The van der Waals surface area contributed by atoms with Gasteiger partial charge in [-0.15, -0.1) is 0 Å². The summed E-state index contributed by atoms with van der Waals surface area (Å²) in [6, 6.07) is 0. The molecule has 21 heavy (non-hydrogen) atoms. The highest BCUT2D eigenvalue weighted by Gasteiger charge is 2.23. The Morgan fingerprint density at radius 2 is 1.90 bits per heavy atom. The second kappa shape index (κ2) is 7.56. The van der Waals surface area contributed by atoms with Crippen LogP contribution in [0.4, 0.5) is 11.6 Å². The molecule has 0 radical (unpaired) electrons. The van der Waals surface area contributed by atoms with E-state index >= 15 is 0 Å². The molecular weight excluding hydrogens is 268 g/mol. The minimum atomic E-state index is -0.139. The molecule has 0 aliphatic rings. The summed E-state index contributed by atoms with van der Waals surface area (Å²) in [7, 11) is 3.53. The van der Waals surface area contributed by atoms with Crippen LogP contribution in [0.3, 0.4) is 0 Å². The number of nitrogens with one attached hydrogen (secondary N) is 1. The van der Waals surface area contributed by atoms with Crippen LogP contribution in [-0.2, 0) is 10.2 Å². The van der Waals surface area contributed by atoms with E-state index in [-0.39, 0.29) is 12.0 Å². The summed E-state index contributed by atoms with van der Waals surface area (Å²) in [6.45, 7) is 10.1. The normalized spacial score (nSPS) is 11.6. The molecule has 0 aromatic carbocycles. The van der Waals surface area contributed by atoms with Crippen LogP contribution in [0, 0.1) is 6.92 Å². The molecule has 1 rings (SSSR count). The molecule has 0 aliphatic heterocycles. The summed E-state index contributed by atoms with van der Waals surface area (Å²) in [5.74, 6) is 2.46. The van der Waals surface area contributed by atoms with Gasteiger partial charge in [0, 0.05) is 38.2 Å². The lowest BCUT2D eigenvalue weighted by molar-refractivity contribution is 0.202. The number of ether oxygens (including phenoxy) is 1. The van der Waals surface area contributed by atoms with Gasteiger partial charge in [0.05, 0.1) is 13.2 Å². The molecule has 120 valence electrons. The molecule has 6 nitrogen and oxygen atoms in total. The Balaban J connectivity index is 3.29. The number of anilines is 2. The summed E-state index contributed by atoms with van der Waals surface area (Å²) >= 11 is 0. The van der Waals surface area contributed by atoms with Crippen LogP contribution >= 0.6 is 0 Å². The van der Waals surface area contributed by atoms with Crippen molar-refractivity contribution in [1.29, 1.82) is 0 Å². The molecule has 0 amide bonds. The first-order valence-electron chi connectivity index (χ1n) is 7.26. The number of rotatable bonds is 7. The second-order valence-corrected chi connectivity index (χ2v) is 6.05. The molecule has 0 saturated carbocycles. The Morgan fingerprint density at radius 1 is 1.24 bits per heavy atom. The smallest absolute Gasteiger partial charge is 0.138 e. The minimum Gasteiger partial charge on any atom is -0.395 e. The van der Waals surface area contributed by atoms with Gasteiger partial charge in [-0.05, 0) is 6.92 Å². The third-order valence-electron chi connectivity index (χ3n) is 3.26. The summed E-state index contributed by atoms with van der Waals surface area (Å²) < 4.78 is 5.15. The lowest BCUT2D eigenvalue weighted by atomic mass is 9.95. The zero-order chi connectivity index (χ0) is 16.0. The zero-order valence-electron chi connectivity index (χ0n) is 14.0. The van der Waals surface area contributed by atoms with Gasteiger partial charge in [-0.2, -0.15) is 0 Å². The lowest BCUT2D eigenvalue weighted by Crippen LogP contribution is -2.33. The van der Waals surface area contributed by atoms with E-state index in [1.807, 2.05) is 18.9 Å². The van der Waals surface area contributed by atoms with Crippen molar-refractivity contribution in [3.8, 4) is 0 Å². The Morgan fingerprint density at radius 3 is 2.38 bits per heavy atom. The molecule has 0 spiro atoms. The highest BCUT2D eigenvalue weighted by Crippen LogP contribution is 2.28. The number of hydrogen-bond donors (Lipinski definition) is 2. The average molecular weight is 296 g/mol. The molecule has 1 aromatic rings. The SMILES string of the molecule is CNc1nc(C(C)(C)C)nc(N(CCO)CCOC)c1C. The number of aliphatic hydroxyl groups is 1. The summed E-state index contributed by atoms with van der Waals surface area (Å²) in [6.07, 6.45) is 0. The molecule has 0 aliphatic carbocycles. The first-order chi connectivity index (χ1) is 9.85. The number of methoxy groups -OCH3 is 1. The Bertz CT molecular complexity index is 458. The van der Waals surface area contributed by atoms with Crippen LogP contribution in [-0.4, -0.2) is 55.5 Å². The minimum absolute atomic E-state index is 0.0763. The van der Waals surface area contributed by atoms with E-state index in [2.05, 4.69) is 31.1 Å². The number of hydrogen-bond acceptors (Lipinski definition) is 6. The van der Waals surface area contributed by atoms with Gasteiger partial charge in [-0.1, -0.05) is 20.8 Å². The van der Waals surface area contributed by atoms with Crippen molar-refractivity contribution < 1.29 is 9.84 Å². The Hall–Kier alpha value is -1.40. The summed E-state index contributed by atoms with van der Waals surface area (Å²) in [5.41, 5.74) is 0.843. The molecular formula is C15H28N4O2. The standard InChI is InChI=1S/C15H28N4O2/c1-11-12(16-5)17-14(15(2,3)4)18-13(11)19(7-9-20)8-10-21-6/h20H,7-10H2,1-6H3,(H,16,17,18). The number of aliphatic hydroxyl groups excluding tert-OH is 1. The van der Waals surface area contributed by atoms with Crippen LogP contribution in [0.1, 0.15) is 32.2 Å². The van der Waals surface area contributed by atoms with Crippen molar-refractivity contribution >= 4 is 11.6 Å². The van der Waals surface area contributed by atoms with E-state index < -0.39 is 0 Å². The van der Waals surface area contributed by atoms with Crippen molar-refractivity contribution in [1.82, 2.24) is 9.97 Å². The van der Waals surface area contributed by atoms with Gasteiger partial charge in [0.15, 0.2) is 0 Å². The fourth-order valence-electron chi connectivity index (χ4n) is 2.04. The molecule has 0 bridgehead atoms. The molecule has 0 saturated heterocycles. The molecule has 2 N–H and O–H groups in total. The number of aromatic nitrogens is 2. The Kier molecular flexibility index (Phi) is 6.36. The maximum atomic E-state index is 9.30. The van der Waals surface area contributed by atoms with Crippen molar-refractivity contribution in [3.05, 3.63) is 11.4 Å². The fourth-order valence-corrected chi connectivity index (χ4v) is 2.04. The summed E-state index contributed by atoms with van der Waals surface area (Å²) in [5, 5.41) is 12.4. The number of nitrogens with zero attached hydrogens (tertiary/aromatic N) is 3. The molecule has 1 aromatic heterocycles. The topological polar surface area (TPSA) is 70.5 Å². The van der Waals surface area contributed by atoms with Crippen LogP contribution in [0.5, 0.6) is 0 Å². The zero-order valence-corrected chi connectivity index (χ0v) is 14.0. The molecule has 0 unspecified atom stereocenters. The van der Waals surface area contributed by atoms with Crippen LogP contribution < -0.4 is 10.2 Å². The van der Waals surface area contributed by atoms with Crippen LogP contribution in [0.2, 0.25) is 0 Å². The van der Waals surface area contributed by atoms with Gasteiger partial charge in [0.1, 0.15) is 17.5 Å². The van der Waals surface area contributed by atoms with E-state index in [1.165, 1.54) is 0 Å². The van der Waals surface area contributed by atoms with Gasteiger partial charge in [-0.25, -0.2) is 9.97 Å². The molecule has 1 heterocycles. The van der Waals surface area contributed by atoms with E-state index in [4.69, 9.17) is 9.72 Å². The van der Waals surface area contributed by atoms with E-state index in [1.54, 1.807) is 7.11 Å². The first kappa shape index (κ1) is 17.7. The molecule has 0 fully saturated rings. The van der Waals surface area contributed by atoms with Crippen LogP contribution in [0.25, 0.3) is 0 Å². The monoisotopic (exact) mass is 296 g/mol. The van der Waals surface area contributed by atoms with Gasteiger partial charge in [-0.3, -0.25) is 0 Å². The second-order valence-electron chi connectivity index (χ2n) is 6.05. The first-order valence-corrected chi connectivity index (χ1v) is 7.26. The highest BCUT2D eigenvalue weighted by molar-refractivity contribution is 5.58. The highest BCUT2D eigenvalue weighted by atomic mass is 16.5. The van der Waals surface area contributed by atoms with Crippen LogP contribution in [0.15, 0.2) is 0 Å². The average Bonchev–Trinajstić information content (AvgIpc) is 2.42. The summed E-state index contributed by atoms with van der Waals surface area (Å²) in [4.78, 5) is 11.4. The lowest BCUT2D eigenvalue weighted by Gasteiger charge is -2.27. The third-order valence-corrected chi connectivity index (χ3v) is 3.26. The van der Waals surface area contributed by atoms with E-state index in [0.29, 0.717) is 19.7 Å². The predicted molar refractivity (Wildman–Crippen MR) is 86.2 cm³/mol. The maximum absolute atomic E-state index is 9.30. The van der Waals surface area contributed by atoms with Crippen molar-refractivity contribution in [3.63, 3.8) is 0 Å². The Labute approximate surface area is 127 Å². The molecule has 6 heteroatoms. The fraction of sp³-hybridized carbons (Fsp3) is 0.733. The van der Waals surface area contributed by atoms with Gasteiger partial charge in [0.2, 0.25) is 0 Å². The van der Waals surface area contributed by atoms with Gasteiger partial charge >= 0.3 is 0 Å². The molecule has 0 atom stereocenters. The third kappa shape index (κ3) is 4.54. The van der Waals surface area contributed by atoms with Crippen molar-refractivity contribution in [2.45, 2.75) is 33.1 Å². The largest absolute Gasteiger partial charge is 0.395 e. The van der Waals surface area contributed by atoms with Crippen molar-refractivity contribution in [2.24, 2.45) is 0 Å². The maximum Gasteiger partial charge on any atom is 0.138 e. The van der Waals surface area contributed by atoms with Crippen molar-refractivity contribution in [2.75, 3.05) is 50.7 Å². The quantitative estimate of drug-likeness (QED) is 0.796.